The monoisotopic (exact) mass is 569 g/mol. The lowest BCUT2D eigenvalue weighted by molar-refractivity contribution is 0.0796. The molecule has 4 heterocycles. The summed E-state index contributed by atoms with van der Waals surface area (Å²) in [5.74, 6) is -0.810. The molecular weight excluding hydrogens is 544 g/mol. The van der Waals surface area contributed by atoms with Gasteiger partial charge >= 0.3 is 0 Å². The predicted molar refractivity (Wildman–Crippen MR) is 151 cm³/mol. The van der Waals surface area contributed by atoms with Gasteiger partial charge < -0.3 is 18.8 Å². The molecule has 8 nitrogen and oxygen atoms in total. The normalized spacial score (nSPS) is 12.7. The molecule has 0 amide bonds. The van der Waals surface area contributed by atoms with E-state index >= 15 is 4.39 Å². The summed E-state index contributed by atoms with van der Waals surface area (Å²) in [6.07, 6.45) is 2.82. The van der Waals surface area contributed by atoms with Crippen LogP contribution in [-0.4, -0.2) is 34.0 Å². The standard InChI is InChI=1S/C32H25F2N3O5/c1-18-29(20-4-6-21(33)7-5-20)32(39)30(25-17-41-12-11-37(18)25)26(38)14-19-3-8-27(23(34)13-19)42-28-9-10-35-24-15-22(40-2)16-36-31(24)28/h3-10,13,15-16H,11-12,14,17H2,1-2H3. The van der Waals surface area contributed by atoms with Gasteiger partial charge in [0.25, 0.3) is 0 Å². The molecule has 0 fully saturated rings. The van der Waals surface area contributed by atoms with Gasteiger partial charge in [0.15, 0.2) is 23.1 Å². The highest BCUT2D eigenvalue weighted by Crippen LogP contribution is 2.31. The SMILES string of the molecule is COc1cnc2c(Oc3ccc(CC(=O)c4c5n(c(C)c(-c6ccc(F)cc6)c4=O)CCOC5)cc3F)ccnc2c1. The maximum absolute atomic E-state index is 15.2. The third kappa shape index (κ3) is 5.01. The average molecular weight is 570 g/mol. The third-order valence-corrected chi connectivity index (χ3v) is 7.28. The van der Waals surface area contributed by atoms with E-state index in [1.165, 1.54) is 55.9 Å². The van der Waals surface area contributed by atoms with Gasteiger partial charge in [0.2, 0.25) is 5.43 Å². The van der Waals surface area contributed by atoms with Crippen molar-refractivity contribution in [3.8, 4) is 28.4 Å². The Bertz CT molecular complexity index is 1900. The highest BCUT2D eigenvalue weighted by Gasteiger charge is 2.27. The van der Waals surface area contributed by atoms with Crippen molar-refractivity contribution in [2.24, 2.45) is 0 Å². The van der Waals surface area contributed by atoms with Crippen molar-refractivity contribution in [2.75, 3.05) is 13.7 Å². The first-order chi connectivity index (χ1) is 20.3. The Morgan fingerprint density at radius 1 is 1.05 bits per heavy atom. The van der Waals surface area contributed by atoms with E-state index in [2.05, 4.69) is 9.97 Å². The molecule has 0 saturated heterocycles. The molecule has 0 spiro atoms. The van der Waals surface area contributed by atoms with Crippen LogP contribution in [0.2, 0.25) is 0 Å². The predicted octanol–water partition coefficient (Wildman–Crippen LogP) is 5.80. The quantitative estimate of drug-likeness (QED) is 0.229. The number of methoxy groups -OCH3 is 1. The van der Waals surface area contributed by atoms with Crippen molar-refractivity contribution in [1.29, 1.82) is 0 Å². The topological polar surface area (TPSA) is 92.5 Å². The number of rotatable bonds is 7. The largest absolute Gasteiger partial charge is 0.495 e. The molecule has 1 aliphatic heterocycles. The van der Waals surface area contributed by atoms with Crippen LogP contribution in [0.15, 0.2) is 71.8 Å². The van der Waals surface area contributed by atoms with E-state index in [9.17, 15) is 14.0 Å². The number of hydrogen-bond donors (Lipinski definition) is 0. The van der Waals surface area contributed by atoms with Gasteiger partial charge in [0, 0.05) is 42.6 Å². The van der Waals surface area contributed by atoms with Crippen LogP contribution < -0.4 is 14.9 Å². The Labute approximate surface area is 239 Å². The van der Waals surface area contributed by atoms with Gasteiger partial charge in [0.05, 0.1) is 43.3 Å². The molecule has 0 atom stereocenters. The number of halogens is 2. The summed E-state index contributed by atoms with van der Waals surface area (Å²) in [7, 11) is 1.52. The van der Waals surface area contributed by atoms with E-state index in [4.69, 9.17) is 14.2 Å². The van der Waals surface area contributed by atoms with Gasteiger partial charge in [-0.1, -0.05) is 18.2 Å². The lowest BCUT2D eigenvalue weighted by atomic mass is 9.94. The molecule has 0 unspecified atom stereocenters. The second-order valence-electron chi connectivity index (χ2n) is 9.84. The summed E-state index contributed by atoms with van der Waals surface area (Å²) in [4.78, 5) is 36.0. The molecule has 10 heteroatoms. The van der Waals surface area contributed by atoms with Gasteiger partial charge in [-0.2, -0.15) is 0 Å². The van der Waals surface area contributed by atoms with E-state index in [1.807, 2.05) is 4.57 Å². The second-order valence-corrected chi connectivity index (χ2v) is 9.84. The minimum atomic E-state index is -0.684. The maximum Gasteiger partial charge on any atom is 0.200 e. The van der Waals surface area contributed by atoms with Crippen LogP contribution in [0.3, 0.4) is 0 Å². The number of carbonyl (C=O) groups excluding carboxylic acids is 1. The third-order valence-electron chi connectivity index (χ3n) is 7.28. The lowest BCUT2D eigenvalue weighted by Gasteiger charge is -2.26. The number of carbonyl (C=O) groups is 1. The van der Waals surface area contributed by atoms with Crippen molar-refractivity contribution in [1.82, 2.24) is 14.5 Å². The average Bonchev–Trinajstić information content (AvgIpc) is 2.99. The Morgan fingerprint density at radius 2 is 1.86 bits per heavy atom. The second kappa shape index (κ2) is 11.1. The van der Waals surface area contributed by atoms with Gasteiger partial charge in [-0.3, -0.25) is 14.6 Å². The van der Waals surface area contributed by atoms with Gasteiger partial charge in [-0.25, -0.2) is 13.8 Å². The Kier molecular flexibility index (Phi) is 7.22. The number of fused-ring (bicyclic) bond motifs is 2. The van der Waals surface area contributed by atoms with Crippen molar-refractivity contribution >= 4 is 16.8 Å². The summed E-state index contributed by atoms with van der Waals surface area (Å²) in [5.41, 5.74) is 2.84. The number of benzene rings is 2. The molecule has 0 aliphatic carbocycles. The van der Waals surface area contributed by atoms with Crippen molar-refractivity contribution < 1.29 is 27.8 Å². The molecule has 5 aromatic rings. The maximum atomic E-state index is 15.2. The number of nitrogens with zero attached hydrogens (tertiary/aromatic N) is 3. The summed E-state index contributed by atoms with van der Waals surface area (Å²) < 4.78 is 47.3. The molecule has 0 bridgehead atoms. The van der Waals surface area contributed by atoms with Gasteiger partial charge in [0.1, 0.15) is 17.1 Å². The van der Waals surface area contributed by atoms with Crippen LogP contribution in [0.4, 0.5) is 8.78 Å². The fraction of sp³-hybridized carbons (Fsp3) is 0.188. The molecule has 0 saturated carbocycles. The fourth-order valence-electron chi connectivity index (χ4n) is 5.22. The highest BCUT2D eigenvalue weighted by atomic mass is 19.1. The minimum Gasteiger partial charge on any atom is -0.495 e. The zero-order valence-electron chi connectivity index (χ0n) is 22.8. The Morgan fingerprint density at radius 3 is 2.62 bits per heavy atom. The molecule has 42 heavy (non-hydrogen) atoms. The van der Waals surface area contributed by atoms with E-state index in [1.54, 1.807) is 25.1 Å². The number of hydrogen-bond acceptors (Lipinski definition) is 7. The van der Waals surface area contributed by atoms with E-state index in [0.29, 0.717) is 63.8 Å². The van der Waals surface area contributed by atoms with Crippen molar-refractivity contribution in [3.05, 3.63) is 111 Å². The number of ether oxygens (including phenoxy) is 3. The van der Waals surface area contributed by atoms with Crippen LogP contribution in [0.1, 0.15) is 27.3 Å². The fourth-order valence-corrected chi connectivity index (χ4v) is 5.22. The van der Waals surface area contributed by atoms with Gasteiger partial charge in [-0.15, -0.1) is 0 Å². The number of pyridine rings is 3. The molecule has 0 N–H and O–H groups in total. The summed E-state index contributed by atoms with van der Waals surface area (Å²) in [5, 5.41) is 0. The number of Topliss-reactive ketones (excluding diaryl/α,β-unsaturated/α-hetero) is 1. The highest BCUT2D eigenvalue weighted by molar-refractivity contribution is 5.99. The van der Waals surface area contributed by atoms with Crippen LogP contribution in [0.5, 0.6) is 17.2 Å². The van der Waals surface area contributed by atoms with Crippen LogP contribution in [-0.2, 0) is 24.3 Å². The van der Waals surface area contributed by atoms with Crippen LogP contribution in [0.25, 0.3) is 22.2 Å². The summed E-state index contributed by atoms with van der Waals surface area (Å²) in [6, 6.07) is 13.1. The smallest absolute Gasteiger partial charge is 0.200 e. The molecule has 0 radical (unpaired) electrons. The van der Waals surface area contributed by atoms with E-state index < -0.39 is 22.8 Å². The lowest BCUT2D eigenvalue weighted by Crippen LogP contribution is -2.32. The molecular formula is C32H25F2N3O5. The Hall–Kier alpha value is -4.96. The molecule has 6 rings (SSSR count). The van der Waals surface area contributed by atoms with Crippen molar-refractivity contribution in [2.45, 2.75) is 26.5 Å². The number of aromatic nitrogens is 3. The first-order valence-electron chi connectivity index (χ1n) is 13.2. The zero-order chi connectivity index (χ0) is 29.4. The minimum absolute atomic E-state index is 0.00915. The summed E-state index contributed by atoms with van der Waals surface area (Å²) >= 11 is 0. The van der Waals surface area contributed by atoms with E-state index in [0.717, 1.165) is 0 Å². The van der Waals surface area contributed by atoms with E-state index in [-0.39, 0.29) is 24.3 Å². The first kappa shape index (κ1) is 27.2. The molecule has 2 aromatic carbocycles. The van der Waals surface area contributed by atoms with Crippen LogP contribution in [0, 0.1) is 18.6 Å². The summed E-state index contributed by atoms with van der Waals surface area (Å²) in [6.45, 7) is 2.79. The first-order valence-corrected chi connectivity index (χ1v) is 13.2. The zero-order valence-corrected chi connectivity index (χ0v) is 22.8. The molecule has 1 aliphatic rings. The number of ketones is 1. The Balaban J connectivity index is 1.31. The molecule has 212 valence electrons. The van der Waals surface area contributed by atoms with Gasteiger partial charge in [-0.05, 0) is 42.3 Å². The van der Waals surface area contributed by atoms with Crippen molar-refractivity contribution in [3.63, 3.8) is 0 Å². The molecule has 3 aromatic heterocycles. The van der Waals surface area contributed by atoms with Crippen LogP contribution >= 0.6 is 0 Å².